The van der Waals surface area contributed by atoms with Crippen LogP contribution in [-0.2, 0) is 11.8 Å². The zero-order valence-electron chi connectivity index (χ0n) is 12.7. The molecule has 3 rings (SSSR count). The van der Waals surface area contributed by atoms with Crippen LogP contribution in [0.3, 0.4) is 0 Å². The maximum absolute atomic E-state index is 3.47. The lowest BCUT2D eigenvalue weighted by molar-refractivity contribution is 0.274. The molecule has 1 aliphatic rings. The van der Waals surface area contributed by atoms with Gasteiger partial charge in [-0.3, -0.25) is 0 Å². The molecule has 0 aliphatic carbocycles. The normalized spacial score (nSPS) is 16.8. The summed E-state index contributed by atoms with van der Waals surface area (Å²) in [5.41, 5.74) is 7.32. The van der Waals surface area contributed by atoms with Gasteiger partial charge in [0.25, 0.3) is 0 Å². The summed E-state index contributed by atoms with van der Waals surface area (Å²) in [6.45, 7) is 8.73. The molecule has 1 saturated heterocycles. The fourth-order valence-corrected chi connectivity index (χ4v) is 3.39. The Hall–Kier alpha value is -1.60. The summed E-state index contributed by atoms with van der Waals surface area (Å²) in [7, 11) is 0. The maximum Gasteiger partial charge on any atom is 0.0243 e. The minimum absolute atomic E-state index is 0.284. The summed E-state index contributed by atoms with van der Waals surface area (Å²) in [6.07, 6.45) is 1.13. The van der Waals surface area contributed by atoms with Gasteiger partial charge in [0.05, 0.1) is 0 Å². The summed E-state index contributed by atoms with van der Waals surface area (Å²) in [4.78, 5) is 0. The van der Waals surface area contributed by atoms with E-state index in [0.29, 0.717) is 0 Å². The lowest BCUT2D eigenvalue weighted by Crippen LogP contribution is -2.58. The minimum atomic E-state index is 0.284. The molecule has 0 bridgehead atoms. The van der Waals surface area contributed by atoms with Crippen LogP contribution in [0, 0.1) is 20.8 Å². The van der Waals surface area contributed by atoms with E-state index in [4.69, 9.17) is 0 Å². The van der Waals surface area contributed by atoms with Crippen LogP contribution in [-0.4, -0.2) is 13.1 Å². The zero-order chi connectivity index (χ0) is 14.2. The van der Waals surface area contributed by atoms with Gasteiger partial charge in [-0.05, 0) is 38.3 Å². The van der Waals surface area contributed by atoms with E-state index in [1.54, 1.807) is 0 Å². The molecule has 1 aliphatic heterocycles. The van der Waals surface area contributed by atoms with Crippen LogP contribution in [0.4, 0.5) is 0 Å². The van der Waals surface area contributed by atoms with Gasteiger partial charge in [0.2, 0.25) is 0 Å². The SMILES string of the molecule is Cc1cc(C)cc(CC2(c3cccc(C)c3)CNC2)c1. The van der Waals surface area contributed by atoms with Gasteiger partial charge in [-0.25, -0.2) is 0 Å². The number of benzene rings is 2. The Labute approximate surface area is 122 Å². The smallest absolute Gasteiger partial charge is 0.0243 e. The number of hydrogen-bond donors (Lipinski definition) is 1. The van der Waals surface area contributed by atoms with Crippen LogP contribution in [0.1, 0.15) is 27.8 Å². The van der Waals surface area contributed by atoms with E-state index in [1.165, 1.54) is 27.8 Å². The van der Waals surface area contributed by atoms with Crippen LogP contribution in [0.5, 0.6) is 0 Å². The van der Waals surface area contributed by atoms with Crippen LogP contribution < -0.4 is 5.32 Å². The van der Waals surface area contributed by atoms with E-state index < -0.39 is 0 Å². The fourth-order valence-electron chi connectivity index (χ4n) is 3.39. The van der Waals surface area contributed by atoms with Crippen LogP contribution in [0.2, 0.25) is 0 Å². The van der Waals surface area contributed by atoms with Gasteiger partial charge < -0.3 is 5.32 Å². The van der Waals surface area contributed by atoms with Crippen molar-refractivity contribution in [2.75, 3.05) is 13.1 Å². The third kappa shape index (κ3) is 2.51. The van der Waals surface area contributed by atoms with E-state index in [9.17, 15) is 0 Å². The van der Waals surface area contributed by atoms with Gasteiger partial charge in [0, 0.05) is 18.5 Å². The summed E-state index contributed by atoms with van der Waals surface area (Å²) in [5.74, 6) is 0. The summed E-state index contributed by atoms with van der Waals surface area (Å²) < 4.78 is 0. The highest BCUT2D eigenvalue weighted by Crippen LogP contribution is 2.33. The standard InChI is InChI=1S/C19H23N/c1-14-5-4-6-18(10-14)19(12-20-13-19)11-17-8-15(2)7-16(3)9-17/h4-10,20H,11-13H2,1-3H3. The monoisotopic (exact) mass is 265 g/mol. The van der Waals surface area contributed by atoms with Crippen molar-refractivity contribution in [2.24, 2.45) is 0 Å². The van der Waals surface area contributed by atoms with Crippen LogP contribution in [0.25, 0.3) is 0 Å². The third-order valence-corrected chi connectivity index (χ3v) is 4.38. The summed E-state index contributed by atoms with van der Waals surface area (Å²) >= 11 is 0. The van der Waals surface area contributed by atoms with Crippen molar-refractivity contribution in [3.8, 4) is 0 Å². The van der Waals surface area contributed by atoms with Crippen molar-refractivity contribution in [1.29, 1.82) is 0 Å². The molecule has 1 N–H and O–H groups in total. The molecule has 1 fully saturated rings. The molecule has 0 saturated carbocycles. The lowest BCUT2D eigenvalue weighted by atomic mass is 9.70. The highest BCUT2D eigenvalue weighted by molar-refractivity contribution is 5.37. The lowest BCUT2D eigenvalue weighted by Gasteiger charge is -2.44. The Balaban J connectivity index is 1.93. The van der Waals surface area contributed by atoms with E-state index in [-0.39, 0.29) is 5.41 Å². The molecular formula is C19H23N. The quantitative estimate of drug-likeness (QED) is 0.892. The number of rotatable bonds is 3. The molecule has 20 heavy (non-hydrogen) atoms. The number of hydrogen-bond acceptors (Lipinski definition) is 1. The first-order chi connectivity index (χ1) is 9.57. The molecule has 0 unspecified atom stereocenters. The second-order valence-corrected chi connectivity index (χ2v) is 6.43. The molecule has 1 heterocycles. The molecule has 104 valence electrons. The average Bonchev–Trinajstić information content (AvgIpc) is 2.32. The van der Waals surface area contributed by atoms with Gasteiger partial charge in [-0.2, -0.15) is 0 Å². The number of aryl methyl sites for hydroxylation is 3. The molecular weight excluding hydrogens is 242 g/mol. The summed E-state index contributed by atoms with van der Waals surface area (Å²) in [6, 6.07) is 15.9. The first-order valence-electron chi connectivity index (χ1n) is 7.42. The number of nitrogens with one attached hydrogen (secondary N) is 1. The van der Waals surface area contributed by atoms with Gasteiger partial charge in [0.1, 0.15) is 0 Å². The van der Waals surface area contributed by atoms with Crippen molar-refractivity contribution < 1.29 is 0 Å². The van der Waals surface area contributed by atoms with Crippen molar-refractivity contribution in [3.63, 3.8) is 0 Å². The minimum Gasteiger partial charge on any atom is -0.315 e. The predicted molar refractivity (Wildman–Crippen MR) is 85.3 cm³/mol. The van der Waals surface area contributed by atoms with Gasteiger partial charge in [-0.1, -0.05) is 59.2 Å². The second kappa shape index (κ2) is 5.06. The van der Waals surface area contributed by atoms with E-state index >= 15 is 0 Å². The van der Waals surface area contributed by atoms with Crippen LogP contribution >= 0.6 is 0 Å². The Bertz CT molecular complexity index is 603. The van der Waals surface area contributed by atoms with Crippen molar-refractivity contribution in [2.45, 2.75) is 32.6 Å². The van der Waals surface area contributed by atoms with E-state index in [1.807, 2.05) is 0 Å². The van der Waals surface area contributed by atoms with E-state index in [0.717, 1.165) is 19.5 Å². The molecule has 0 atom stereocenters. The van der Waals surface area contributed by atoms with Gasteiger partial charge >= 0.3 is 0 Å². The van der Waals surface area contributed by atoms with Gasteiger partial charge in [-0.15, -0.1) is 0 Å². The van der Waals surface area contributed by atoms with Crippen molar-refractivity contribution in [1.82, 2.24) is 5.32 Å². The molecule has 2 aromatic rings. The third-order valence-electron chi connectivity index (χ3n) is 4.38. The Morgan fingerprint density at radius 3 is 2.15 bits per heavy atom. The zero-order valence-corrected chi connectivity index (χ0v) is 12.7. The Kier molecular flexibility index (Phi) is 3.39. The first-order valence-corrected chi connectivity index (χ1v) is 7.42. The Morgan fingerprint density at radius 2 is 1.60 bits per heavy atom. The van der Waals surface area contributed by atoms with Gasteiger partial charge in [0.15, 0.2) is 0 Å². The topological polar surface area (TPSA) is 12.0 Å². The van der Waals surface area contributed by atoms with E-state index in [2.05, 4.69) is 68.6 Å². The Morgan fingerprint density at radius 1 is 0.900 bits per heavy atom. The highest BCUT2D eigenvalue weighted by Gasteiger charge is 2.38. The van der Waals surface area contributed by atoms with Crippen LogP contribution in [0.15, 0.2) is 42.5 Å². The highest BCUT2D eigenvalue weighted by atomic mass is 15.0. The molecule has 0 amide bonds. The molecule has 2 aromatic carbocycles. The predicted octanol–water partition coefficient (Wildman–Crippen LogP) is 3.70. The average molecular weight is 265 g/mol. The maximum atomic E-state index is 3.47. The fraction of sp³-hybridized carbons (Fsp3) is 0.368. The van der Waals surface area contributed by atoms with Crippen molar-refractivity contribution >= 4 is 0 Å². The van der Waals surface area contributed by atoms with Crippen molar-refractivity contribution in [3.05, 3.63) is 70.3 Å². The molecule has 0 radical (unpaired) electrons. The molecule has 0 spiro atoms. The second-order valence-electron chi connectivity index (χ2n) is 6.43. The molecule has 1 nitrogen and oxygen atoms in total. The largest absolute Gasteiger partial charge is 0.315 e. The molecule has 1 heteroatoms. The molecule has 0 aromatic heterocycles. The summed E-state index contributed by atoms with van der Waals surface area (Å²) in [5, 5.41) is 3.47. The first kappa shape index (κ1) is 13.4.